The van der Waals surface area contributed by atoms with Crippen LogP contribution in [-0.4, -0.2) is 45.1 Å². The van der Waals surface area contributed by atoms with E-state index in [-0.39, 0.29) is 24.3 Å². The largest absolute Gasteiger partial charge is 0.366 e. The van der Waals surface area contributed by atoms with Crippen LogP contribution in [-0.2, 0) is 24.3 Å². The highest BCUT2D eigenvalue weighted by Gasteiger charge is 2.23. The third-order valence-corrected chi connectivity index (χ3v) is 7.13. The maximum atomic E-state index is 13.2. The fourth-order valence-electron chi connectivity index (χ4n) is 4.06. The fourth-order valence-corrected chi connectivity index (χ4v) is 4.42. The molecule has 0 radical (unpaired) electrons. The van der Waals surface area contributed by atoms with Crippen molar-refractivity contribution in [2.75, 3.05) is 13.6 Å². The second kappa shape index (κ2) is 13.8. The molecule has 0 saturated heterocycles. The Balaban J connectivity index is 1.69. The normalized spacial score (nSPS) is 12.3. The smallest absolute Gasteiger partial charge is 0.226 e. The lowest BCUT2D eigenvalue weighted by molar-refractivity contribution is -0.121. The van der Waals surface area contributed by atoms with Gasteiger partial charge in [-0.3, -0.25) is 4.79 Å². The Bertz CT molecular complexity index is 1240. The number of amides is 1. The minimum Gasteiger partial charge on any atom is -0.366 e. The second-order valence-corrected chi connectivity index (χ2v) is 9.95. The van der Waals surface area contributed by atoms with E-state index in [4.69, 9.17) is 29.1 Å². The van der Waals surface area contributed by atoms with Crippen LogP contribution in [0, 0.1) is 17.2 Å². The highest BCUT2D eigenvalue weighted by molar-refractivity contribution is 7.80. The zero-order valence-corrected chi connectivity index (χ0v) is 23.0. The van der Waals surface area contributed by atoms with Crippen LogP contribution in [0.5, 0.6) is 0 Å². The summed E-state index contributed by atoms with van der Waals surface area (Å²) < 4.78 is 1.96. The predicted molar refractivity (Wildman–Crippen MR) is 151 cm³/mol. The molecule has 1 aromatic heterocycles. The van der Waals surface area contributed by atoms with Gasteiger partial charge in [0, 0.05) is 49.6 Å². The van der Waals surface area contributed by atoms with Gasteiger partial charge < -0.3 is 20.1 Å². The highest BCUT2D eigenvalue weighted by Crippen LogP contribution is 2.16. The number of halogens is 1. The van der Waals surface area contributed by atoms with Crippen LogP contribution in [0.15, 0.2) is 61.1 Å². The molecule has 0 saturated carbocycles. The van der Waals surface area contributed by atoms with Crippen molar-refractivity contribution in [3.63, 3.8) is 0 Å². The molecule has 2 aromatic carbocycles. The van der Waals surface area contributed by atoms with E-state index in [1.807, 2.05) is 41.0 Å². The van der Waals surface area contributed by atoms with E-state index in [2.05, 4.69) is 40.4 Å². The summed E-state index contributed by atoms with van der Waals surface area (Å²) in [5.41, 5.74) is 3.53. The first-order valence-electron chi connectivity index (χ1n) is 12.3. The number of benzene rings is 2. The Morgan fingerprint density at radius 2 is 2.00 bits per heavy atom. The van der Waals surface area contributed by atoms with Crippen LogP contribution in [0.2, 0.25) is 5.02 Å². The zero-order chi connectivity index (χ0) is 26.8. The van der Waals surface area contributed by atoms with Gasteiger partial charge in [0.1, 0.15) is 0 Å². The average Bonchev–Trinajstić information content (AvgIpc) is 3.33. The van der Waals surface area contributed by atoms with Crippen molar-refractivity contribution in [2.45, 2.75) is 45.8 Å². The van der Waals surface area contributed by atoms with Crippen molar-refractivity contribution in [3.8, 4) is 6.07 Å². The fraction of sp³-hybridized carbons (Fsp3) is 0.357. The average molecular weight is 537 g/mol. The SMILES string of the molecule is CC[C@H](C)[C@@H](CN(Cc1cccc(Cl)c1)C(=S)NC)NC(=O)Cc1cncn1Cc1ccc(C#N)cc1. The summed E-state index contributed by atoms with van der Waals surface area (Å²) in [5, 5.41) is 16.6. The van der Waals surface area contributed by atoms with E-state index in [0.29, 0.717) is 35.3 Å². The van der Waals surface area contributed by atoms with Crippen LogP contribution in [0.25, 0.3) is 0 Å². The van der Waals surface area contributed by atoms with Crippen molar-refractivity contribution >= 4 is 34.8 Å². The van der Waals surface area contributed by atoms with Gasteiger partial charge in [-0.1, -0.05) is 56.1 Å². The molecular weight excluding hydrogens is 504 g/mol. The lowest BCUT2D eigenvalue weighted by Gasteiger charge is -2.33. The predicted octanol–water partition coefficient (Wildman–Crippen LogP) is 4.54. The van der Waals surface area contributed by atoms with Crippen molar-refractivity contribution < 1.29 is 4.79 Å². The molecule has 0 fully saturated rings. The molecule has 1 amide bonds. The lowest BCUT2D eigenvalue weighted by Crippen LogP contribution is -2.50. The standard InChI is InChI=1S/C28H33ClN6OS/c1-4-20(2)26(18-34(28(37)31-3)17-23-6-5-7-24(29)12-23)33-27(36)13-25-15-32-19-35(25)16-22-10-8-21(14-30)9-11-22/h5-12,15,19-20,26H,4,13,16-18H2,1-3H3,(H,31,37)(H,33,36)/t20-,26+/m0/s1. The van der Waals surface area contributed by atoms with E-state index in [0.717, 1.165) is 23.2 Å². The molecule has 9 heteroatoms. The van der Waals surface area contributed by atoms with Gasteiger partial charge in [-0.15, -0.1) is 0 Å². The number of aromatic nitrogens is 2. The molecule has 0 aliphatic rings. The number of thiocarbonyl (C=S) groups is 1. The Morgan fingerprint density at radius 3 is 2.65 bits per heavy atom. The minimum atomic E-state index is -0.0992. The van der Waals surface area contributed by atoms with E-state index >= 15 is 0 Å². The molecule has 3 aromatic rings. The Hall–Kier alpha value is -3.41. The maximum absolute atomic E-state index is 13.2. The number of hydrogen-bond acceptors (Lipinski definition) is 4. The van der Waals surface area contributed by atoms with Crippen LogP contribution in [0.3, 0.4) is 0 Å². The van der Waals surface area contributed by atoms with Crippen molar-refractivity contribution in [3.05, 3.63) is 88.5 Å². The van der Waals surface area contributed by atoms with Crippen molar-refractivity contribution in [1.82, 2.24) is 25.1 Å². The summed E-state index contributed by atoms with van der Waals surface area (Å²) in [4.78, 5) is 19.5. The topological polar surface area (TPSA) is 86.0 Å². The summed E-state index contributed by atoms with van der Waals surface area (Å²) in [6.07, 6.45) is 4.58. The Morgan fingerprint density at radius 1 is 1.24 bits per heavy atom. The molecule has 2 N–H and O–H groups in total. The molecule has 2 atom stereocenters. The van der Waals surface area contributed by atoms with Gasteiger partial charge in [0.05, 0.1) is 24.4 Å². The van der Waals surface area contributed by atoms with Gasteiger partial charge in [-0.2, -0.15) is 5.26 Å². The number of nitrogens with one attached hydrogen (secondary N) is 2. The van der Waals surface area contributed by atoms with E-state index in [1.165, 1.54) is 0 Å². The molecule has 0 bridgehead atoms. The quantitative estimate of drug-likeness (QED) is 0.350. The molecule has 0 aliphatic carbocycles. The number of carbonyl (C=O) groups is 1. The van der Waals surface area contributed by atoms with Gasteiger partial charge >= 0.3 is 0 Å². The van der Waals surface area contributed by atoms with Crippen molar-refractivity contribution in [1.29, 1.82) is 5.26 Å². The van der Waals surface area contributed by atoms with Gasteiger partial charge in [0.25, 0.3) is 0 Å². The summed E-state index contributed by atoms with van der Waals surface area (Å²) >= 11 is 11.8. The maximum Gasteiger partial charge on any atom is 0.226 e. The molecule has 1 heterocycles. The molecule has 0 aliphatic heterocycles. The van der Waals surface area contributed by atoms with Gasteiger partial charge in [0.2, 0.25) is 5.91 Å². The second-order valence-electron chi connectivity index (χ2n) is 9.12. The summed E-state index contributed by atoms with van der Waals surface area (Å²) in [5.74, 6) is 0.180. The summed E-state index contributed by atoms with van der Waals surface area (Å²) in [7, 11) is 1.80. The molecular formula is C28H33ClN6OS. The zero-order valence-electron chi connectivity index (χ0n) is 21.4. The van der Waals surface area contributed by atoms with Crippen LogP contribution >= 0.6 is 23.8 Å². The van der Waals surface area contributed by atoms with Crippen LogP contribution in [0.4, 0.5) is 0 Å². The number of hydrogen-bond donors (Lipinski definition) is 2. The van der Waals surface area contributed by atoms with Crippen LogP contribution < -0.4 is 10.6 Å². The molecule has 194 valence electrons. The third kappa shape index (κ3) is 8.31. The van der Waals surface area contributed by atoms with Crippen molar-refractivity contribution in [2.24, 2.45) is 5.92 Å². The number of nitriles is 1. The molecule has 7 nitrogen and oxygen atoms in total. The van der Waals surface area contributed by atoms with E-state index in [9.17, 15) is 4.79 Å². The van der Waals surface area contributed by atoms with Gasteiger partial charge in [0.15, 0.2) is 5.11 Å². The van der Waals surface area contributed by atoms with Crippen LogP contribution in [0.1, 0.15) is 42.7 Å². The first kappa shape index (κ1) is 28.2. The minimum absolute atomic E-state index is 0.0649. The van der Waals surface area contributed by atoms with Gasteiger partial charge in [-0.05, 0) is 53.5 Å². The Kier molecular flexibility index (Phi) is 10.5. The first-order valence-corrected chi connectivity index (χ1v) is 13.1. The number of rotatable bonds is 11. The number of nitrogens with zero attached hydrogens (tertiary/aromatic N) is 4. The molecule has 3 rings (SSSR count). The molecule has 0 unspecified atom stereocenters. The summed E-state index contributed by atoms with van der Waals surface area (Å²) in [6.45, 7) is 5.99. The van der Waals surface area contributed by atoms with E-state index < -0.39 is 0 Å². The monoisotopic (exact) mass is 536 g/mol. The molecule has 0 spiro atoms. The van der Waals surface area contributed by atoms with Gasteiger partial charge in [-0.25, -0.2) is 4.98 Å². The Labute approximate surface area is 229 Å². The lowest BCUT2D eigenvalue weighted by atomic mass is 9.98. The van der Waals surface area contributed by atoms with E-state index in [1.54, 1.807) is 31.7 Å². The highest BCUT2D eigenvalue weighted by atomic mass is 35.5. The molecule has 37 heavy (non-hydrogen) atoms. The number of carbonyl (C=O) groups excluding carboxylic acids is 1. The third-order valence-electron chi connectivity index (χ3n) is 6.43. The number of imidazole rings is 1. The summed E-state index contributed by atoms with van der Waals surface area (Å²) in [6, 6.07) is 17.2. The first-order chi connectivity index (χ1) is 17.8.